The van der Waals surface area contributed by atoms with E-state index < -0.39 is 82.7 Å². The van der Waals surface area contributed by atoms with E-state index in [-0.39, 0.29) is 49.3 Å². The van der Waals surface area contributed by atoms with E-state index in [9.17, 15) is 38.4 Å². The van der Waals surface area contributed by atoms with E-state index in [2.05, 4.69) is 21.3 Å². The molecule has 472 valence electrons. The standard InChI is InChI=1S/2C35H37BN4O6/c2*1-21(41)35-19-23(35)12-8-3-4-9-13-27(38-34(36)44)33(43)40-20-25(17-30(40)32(42)39-35)46-31-18-28(22-10-6-5-7-11-22)37-29-16-24(45-2)14-15-26(29)31/h2*5-8,10-12,14-16,18,23,25,27,30H,3-4,9,13,17,19-20H2,1-2H3,(H,38,44)(H,39,42)/b12-8+;12-8-/t2*23?,25-,27+,30+,35+/m11/s1. The summed E-state index contributed by atoms with van der Waals surface area (Å²) in [6, 6.07) is 30.6. The van der Waals surface area contributed by atoms with E-state index in [0.717, 1.165) is 47.6 Å². The van der Waals surface area contributed by atoms with Crippen molar-refractivity contribution in [2.45, 2.75) is 138 Å². The molecule has 2 aromatic heterocycles. The van der Waals surface area contributed by atoms with Crippen molar-refractivity contribution in [3.63, 3.8) is 0 Å². The molecule has 6 aromatic rings. The fourth-order valence-corrected chi connectivity index (χ4v) is 13.3. The van der Waals surface area contributed by atoms with Gasteiger partial charge in [0.2, 0.25) is 39.3 Å². The normalized spacial score (nSPS) is 27.0. The molecule has 4 aromatic carbocycles. The Balaban J connectivity index is 0.000000188. The molecule has 0 bridgehead atoms. The van der Waals surface area contributed by atoms with Crippen LogP contribution in [0, 0.1) is 11.8 Å². The molecular formula is C70H74B2N8O12. The van der Waals surface area contributed by atoms with Crippen LogP contribution >= 0.6 is 0 Å². The Morgan fingerprint density at radius 3 is 1.33 bits per heavy atom. The van der Waals surface area contributed by atoms with Crippen LogP contribution in [0.5, 0.6) is 23.0 Å². The molecule has 10 atom stereocenters. The highest BCUT2D eigenvalue weighted by atomic mass is 16.5. The summed E-state index contributed by atoms with van der Waals surface area (Å²) in [5, 5.41) is 12.7. The van der Waals surface area contributed by atoms with Crippen LogP contribution in [-0.4, -0.2) is 157 Å². The SMILES string of the molecule is [B]C(=O)N[C@H]1CCCC/C=C/C2C[C@@]2(C(C)=O)NC(=O)[C@@H]2C[C@@H](Oc3cc(-c4ccccc4)nc4cc(OC)ccc34)CN2C1=O.[B]C(=O)N[C@H]1CCCC/C=C\C2C[C@@]2(C(C)=O)NC(=O)[C@@H]2C[C@@H](Oc3cc(-c4ccccc4)nc4cc(OC)ccc34)CN2C1=O. The molecule has 6 heterocycles. The van der Waals surface area contributed by atoms with Crippen molar-refractivity contribution in [2.24, 2.45) is 11.8 Å². The first-order chi connectivity index (χ1) is 44.4. The number of amides is 6. The van der Waals surface area contributed by atoms with Gasteiger partial charge < -0.3 is 50.0 Å². The van der Waals surface area contributed by atoms with Gasteiger partial charge in [0.15, 0.2) is 23.2 Å². The van der Waals surface area contributed by atoms with Crippen molar-refractivity contribution in [2.75, 3.05) is 27.3 Å². The van der Waals surface area contributed by atoms with Gasteiger partial charge in [-0.1, -0.05) is 97.8 Å². The Hall–Kier alpha value is -9.33. The van der Waals surface area contributed by atoms with Crippen LogP contribution in [-0.2, 0) is 28.8 Å². The second-order valence-electron chi connectivity index (χ2n) is 24.7. The Labute approximate surface area is 536 Å². The number of hydrogen-bond acceptors (Lipinski definition) is 14. The van der Waals surface area contributed by atoms with Gasteiger partial charge in [-0.3, -0.25) is 38.4 Å². The number of benzene rings is 4. The lowest BCUT2D eigenvalue weighted by atomic mass is 10.0. The zero-order chi connectivity index (χ0) is 64.8. The minimum Gasteiger partial charge on any atom is -0.497 e. The topological polar surface area (TPSA) is 254 Å². The molecule has 2 saturated heterocycles. The molecule has 2 unspecified atom stereocenters. The predicted octanol–water partition coefficient (Wildman–Crippen LogP) is 8.20. The number of hydrogen-bond donors (Lipinski definition) is 4. The summed E-state index contributed by atoms with van der Waals surface area (Å²) in [5.41, 5.74) is 2.57. The Kier molecular flexibility index (Phi) is 19.3. The number of rotatable bonds is 12. The van der Waals surface area contributed by atoms with Crippen molar-refractivity contribution >= 4 is 84.3 Å². The van der Waals surface area contributed by atoms with Crippen LogP contribution in [0.3, 0.4) is 0 Å². The number of pyridine rings is 2. The van der Waals surface area contributed by atoms with Gasteiger partial charge in [0.1, 0.15) is 70.5 Å². The number of Topliss-reactive ketones (excluding diaryl/α,β-unsaturated/α-hetero) is 2. The average molecular weight is 1240 g/mol. The largest absolute Gasteiger partial charge is 0.497 e. The lowest BCUT2D eigenvalue weighted by Crippen LogP contribution is -2.56. The molecule has 0 spiro atoms. The highest BCUT2D eigenvalue weighted by Gasteiger charge is 2.60. The van der Waals surface area contributed by atoms with Gasteiger partial charge in [-0.15, -0.1) is 0 Å². The number of ether oxygens (including phenoxy) is 4. The molecule has 20 nitrogen and oxygen atoms in total. The Morgan fingerprint density at radius 1 is 0.554 bits per heavy atom. The number of aromatic nitrogens is 2. The summed E-state index contributed by atoms with van der Waals surface area (Å²) in [6.07, 6.45) is 13.6. The van der Waals surface area contributed by atoms with Crippen LogP contribution < -0.4 is 40.2 Å². The van der Waals surface area contributed by atoms with Crippen LogP contribution in [0.15, 0.2) is 133 Å². The Bertz CT molecular complexity index is 3640. The van der Waals surface area contributed by atoms with Crippen molar-refractivity contribution in [1.29, 1.82) is 0 Å². The van der Waals surface area contributed by atoms with Gasteiger partial charge in [-0.05, 0) is 89.5 Å². The second-order valence-corrected chi connectivity index (χ2v) is 24.7. The van der Waals surface area contributed by atoms with E-state index in [4.69, 9.17) is 44.6 Å². The number of nitrogens with zero attached hydrogens (tertiary/aromatic N) is 4. The Morgan fingerprint density at radius 2 is 0.957 bits per heavy atom. The molecule has 6 amide bonds. The van der Waals surface area contributed by atoms with Gasteiger partial charge in [-0.2, -0.15) is 0 Å². The van der Waals surface area contributed by atoms with Crippen molar-refractivity contribution in [1.82, 2.24) is 41.0 Å². The molecule has 4 fully saturated rings. The number of carbonyl (C=O) groups excluding carboxylic acids is 8. The van der Waals surface area contributed by atoms with E-state index in [1.54, 1.807) is 14.2 Å². The fourth-order valence-electron chi connectivity index (χ4n) is 13.3. The third-order valence-electron chi connectivity index (χ3n) is 18.6. The number of ketones is 2. The number of allylic oxidation sites excluding steroid dienone is 2. The second kappa shape index (κ2) is 27.6. The fraction of sp³-hybridized carbons (Fsp3) is 0.400. The van der Waals surface area contributed by atoms with Gasteiger partial charge in [0.25, 0.3) is 0 Å². The molecule has 4 N–H and O–H groups in total. The first kappa shape index (κ1) is 64.2. The maximum atomic E-state index is 14.0. The minimum absolute atomic E-state index is 0.0876. The molecular weight excluding hydrogens is 1170 g/mol. The van der Waals surface area contributed by atoms with Gasteiger partial charge in [0, 0.05) is 70.8 Å². The molecule has 2 aliphatic carbocycles. The van der Waals surface area contributed by atoms with E-state index in [1.807, 2.05) is 133 Å². The van der Waals surface area contributed by atoms with Gasteiger partial charge in [0.05, 0.1) is 49.7 Å². The number of methoxy groups -OCH3 is 2. The monoisotopic (exact) mass is 1240 g/mol. The lowest BCUT2D eigenvalue weighted by molar-refractivity contribution is -0.141. The van der Waals surface area contributed by atoms with E-state index in [0.29, 0.717) is 83.9 Å². The van der Waals surface area contributed by atoms with E-state index >= 15 is 0 Å². The molecule has 2 saturated carbocycles. The molecule has 92 heavy (non-hydrogen) atoms. The molecule has 6 aliphatic rings. The maximum absolute atomic E-state index is 14.0. The molecule has 12 rings (SSSR count). The average Bonchev–Trinajstić information content (AvgIpc) is 1.59. The number of fused-ring (bicyclic) bond motifs is 6. The van der Waals surface area contributed by atoms with Crippen LogP contribution in [0.2, 0.25) is 0 Å². The predicted molar refractivity (Wildman–Crippen MR) is 347 cm³/mol. The summed E-state index contributed by atoms with van der Waals surface area (Å²) >= 11 is 0. The van der Waals surface area contributed by atoms with Gasteiger partial charge in [-0.25, -0.2) is 9.97 Å². The first-order valence-corrected chi connectivity index (χ1v) is 31.5. The zero-order valence-corrected chi connectivity index (χ0v) is 52.1. The quantitative estimate of drug-likeness (QED) is 0.0666. The number of carbonyl (C=O) groups is 8. The lowest BCUT2D eigenvalue weighted by Gasteiger charge is -2.29. The minimum atomic E-state index is -0.985. The van der Waals surface area contributed by atoms with Crippen LogP contribution in [0.4, 0.5) is 9.59 Å². The highest BCUT2D eigenvalue weighted by molar-refractivity contribution is 6.57. The maximum Gasteiger partial charge on any atom is 0.245 e. The van der Waals surface area contributed by atoms with Gasteiger partial charge >= 0.3 is 0 Å². The van der Waals surface area contributed by atoms with E-state index in [1.165, 1.54) is 23.6 Å². The molecule has 22 heteroatoms. The summed E-state index contributed by atoms with van der Waals surface area (Å²) < 4.78 is 24.1. The van der Waals surface area contributed by atoms with Crippen molar-refractivity contribution < 1.29 is 57.3 Å². The third kappa shape index (κ3) is 14.1. The number of nitrogens with one attached hydrogen (secondary N) is 4. The highest BCUT2D eigenvalue weighted by Crippen LogP contribution is 2.48. The third-order valence-corrected chi connectivity index (χ3v) is 18.6. The first-order valence-electron chi connectivity index (χ1n) is 31.5. The van der Waals surface area contributed by atoms with Crippen LogP contribution in [0.1, 0.15) is 90.9 Å². The van der Waals surface area contributed by atoms with Crippen molar-refractivity contribution in [3.8, 4) is 45.5 Å². The smallest absolute Gasteiger partial charge is 0.245 e. The summed E-state index contributed by atoms with van der Waals surface area (Å²) in [4.78, 5) is 118. The zero-order valence-electron chi connectivity index (χ0n) is 52.1. The van der Waals surface area contributed by atoms with Crippen molar-refractivity contribution in [3.05, 3.63) is 133 Å². The molecule has 4 radical (unpaired) electrons. The molecule has 4 aliphatic heterocycles. The summed E-state index contributed by atoms with van der Waals surface area (Å²) in [7, 11) is 14.1. The summed E-state index contributed by atoms with van der Waals surface area (Å²) in [6.45, 7) is 3.18. The van der Waals surface area contributed by atoms with Crippen LogP contribution in [0.25, 0.3) is 44.3 Å². The summed E-state index contributed by atoms with van der Waals surface area (Å²) in [5.74, 6) is -1.29.